The first-order valence-corrected chi connectivity index (χ1v) is 8.72. The van der Waals surface area contributed by atoms with Crippen LogP contribution in [0.1, 0.15) is 31.7 Å². The Labute approximate surface area is 152 Å². The first kappa shape index (κ1) is 19.9. The van der Waals surface area contributed by atoms with Gasteiger partial charge in [-0.25, -0.2) is 9.18 Å². The van der Waals surface area contributed by atoms with E-state index in [0.29, 0.717) is 24.9 Å². The maximum Gasteiger partial charge on any atom is 0.409 e. The van der Waals surface area contributed by atoms with E-state index in [1.165, 1.54) is 18.1 Å². The van der Waals surface area contributed by atoms with Crippen LogP contribution in [0.2, 0.25) is 0 Å². The first-order chi connectivity index (χ1) is 12.5. The lowest BCUT2D eigenvalue weighted by atomic mass is 9.84. The molecule has 0 aromatic heterocycles. The summed E-state index contributed by atoms with van der Waals surface area (Å²) < 4.78 is 23.6. The molecule has 1 aliphatic heterocycles. The Hall–Kier alpha value is -2.44. The van der Waals surface area contributed by atoms with Gasteiger partial charge in [0.2, 0.25) is 0 Å². The van der Waals surface area contributed by atoms with Crippen molar-refractivity contribution in [3.05, 3.63) is 35.6 Å². The van der Waals surface area contributed by atoms with Gasteiger partial charge in [-0.2, -0.15) is 0 Å². The molecular weight excluding hydrogens is 341 g/mol. The Morgan fingerprint density at radius 3 is 2.65 bits per heavy atom. The Balaban J connectivity index is 2.11. The number of piperidine rings is 1. The van der Waals surface area contributed by atoms with E-state index in [2.05, 4.69) is 0 Å². The van der Waals surface area contributed by atoms with Gasteiger partial charge in [0.25, 0.3) is 0 Å². The minimum Gasteiger partial charge on any atom is -0.466 e. The molecule has 1 fully saturated rings. The first-order valence-electron chi connectivity index (χ1n) is 8.72. The van der Waals surface area contributed by atoms with Crippen LogP contribution >= 0.6 is 0 Å². The number of nitrogens with zero attached hydrogens (tertiary/aromatic N) is 1. The van der Waals surface area contributed by atoms with Gasteiger partial charge in [-0.1, -0.05) is 18.2 Å². The summed E-state index contributed by atoms with van der Waals surface area (Å²) in [7, 11) is 1.29. The van der Waals surface area contributed by atoms with E-state index >= 15 is 0 Å². The van der Waals surface area contributed by atoms with Gasteiger partial charge in [0, 0.05) is 18.5 Å². The van der Waals surface area contributed by atoms with E-state index in [0.717, 1.165) is 0 Å². The molecule has 0 bridgehead atoms. The van der Waals surface area contributed by atoms with Crippen LogP contribution in [0.3, 0.4) is 0 Å². The predicted molar refractivity (Wildman–Crippen MR) is 92.0 cm³/mol. The van der Waals surface area contributed by atoms with Gasteiger partial charge in [0.1, 0.15) is 18.0 Å². The molecule has 0 spiro atoms. The van der Waals surface area contributed by atoms with Crippen LogP contribution in [-0.4, -0.2) is 49.0 Å². The van der Waals surface area contributed by atoms with E-state index in [4.69, 9.17) is 9.47 Å². The highest BCUT2D eigenvalue weighted by Gasteiger charge is 2.36. The fourth-order valence-corrected chi connectivity index (χ4v) is 3.31. The Kier molecular flexibility index (Phi) is 7.12. The second-order valence-corrected chi connectivity index (χ2v) is 6.28. The number of ether oxygens (including phenoxy) is 2. The summed E-state index contributed by atoms with van der Waals surface area (Å²) >= 11 is 0. The second kappa shape index (κ2) is 9.31. The number of halogens is 1. The molecule has 0 saturated carbocycles. The molecule has 0 N–H and O–H groups in total. The van der Waals surface area contributed by atoms with Gasteiger partial charge < -0.3 is 14.4 Å². The lowest BCUT2D eigenvalue weighted by Crippen LogP contribution is -2.48. The number of carbonyl (C=O) groups excluding carboxylic acids is 3. The van der Waals surface area contributed by atoms with Gasteiger partial charge in [-0.15, -0.1) is 0 Å². The number of esters is 1. The van der Waals surface area contributed by atoms with Crippen molar-refractivity contribution in [2.75, 3.05) is 20.3 Å². The highest BCUT2D eigenvalue weighted by Crippen LogP contribution is 2.28. The average Bonchev–Trinajstić information content (AvgIpc) is 2.63. The molecule has 26 heavy (non-hydrogen) atoms. The van der Waals surface area contributed by atoms with Crippen LogP contribution in [0.4, 0.5) is 9.18 Å². The summed E-state index contributed by atoms with van der Waals surface area (Å²) in [6.45, 7) is 2.23. The summed E-state index contributed by atoms with van der Waals surface area (Å²) in [4.78, 5) is 37.5. The van der Waals surface area contributed by atoms with Crippen molar-refractivity contribution in [1.82, 2.24) is 4.90 Å². The molecular formula is C19H24FNO5. The fourth-order valence-electron chi connectivity index (χ4n) is 3.31. The van der Waals surface area contributed by atoms with E-state index < -0.39 is 12.1 Å². The second-order valence-electron chi connectivity index (χ2n) is 6.28. The number of Topliss-reactive ketones (excluding diaryl/α,β-unsaturated/α-hetero) is 1. The summed E-state index contributed by atoms with van der Waals surface area (Å²) in [5, 5.41) is 0. The quantitative estimate of drug-likeness (QED) is 0.572. The van der Waals surface area contributed by atoms with Crippen LogP contribution in [0.15, 0.2) is 24.3 Å². The minimum absolute atomic E-state index is 0.202. The Morgan fingerprint density at radius 2 is 2.00 bits per heavy atom. The molecule has 0 aliphatic carbocycles. The highest BCUT2D eigenvalue weighted by molar-refractivity contribution is 5.96. The van der Waals surface area contributed by atoms with Crippen LogP contribution in [0.5, 0.6) is 0 Å². The molecule has 142 valence electrons. The maximum absolute atomic E-state index is 14.0. The molecule has 2 atom stereocenters. The zero-order valence-electron chi connectivity index (χ0n) is 15.1. The van der Waals surface area contributed by atoms with Crippen LogP contribution in [0.25, 0.3) is 0 Å². The molecule has 0 unspecified atom stereocenters. The highest BCUT2D eigenvalue weighted by atomic mass is 19.1. The lowest BCUT2D eigenvalue weighted by molar-refractivity contribution is -0.146. The third kappa shape index (κ3) is 5.03. The number of methoxy groups -OCH3 is 1. The zero-order valence-corrected chi connectivity index (χ0v) is 15.1. The number of amides is 1. The van der Waals surface area contributed by atoms with E-state index in [9.17, 15) is 18.8 Å². The summed E-state index contributed by atoms with van der Waals surface area (Å²) in [6.07, 6.45) is 0.319. The number of benzene rings is 1. The zero-order chi connectivity index (χ0) is 19.1. The smallest absolute Gasteiger partial charge is 0.409 e. The number of likely N-dealkylation sites (tertiary alicyclic amines) is 1. The molecule has 1 aliphatic rings. The van der Waals surface area contributed by atoms with Crippen LogP contribution in [-0.2, 0) is 25.5 Å². The van der Waals surface area contributed by atoms with Crippen molar-refractivity contribution < 1.29 is 28.2 Å². The average molecular weight is 365 g/mol. The van der Waals surface area contributed by atoms with Gasteiger partial charge >= 0.3 is 12.1 Å². The topological polar surface area (TPSA) is 72.9 Å². The van der Waals surface area contributed by atoms with Crippen LogP contribution in [0, 0.1) is 11.7 Å². The number of hydrogen-bond donors (Lipinski definition) is 0. The lowest BCUT2D eigenvalue weighted by Gasteiger charge is -2.38. The molecule has 1 amide bonds. The van der Waals surface area contributed by atoms with Gasteiger partial charge in [-0.3, -0.25) is 9.59 Å². The summed E-state index contributed by atoms with van der Waals surface area (Å²) in [5.74, 6) is -1.46. The largest absolute Gasteiger partial charge is 0.466 e. The molecule has 2 rings (SSSR count). The predicted octanol–water partition coefficient (Wildman–Crippen LogP) is 2.74. The third-order valence-corrected chi connectivity index (χ3v) is 4.62. The van der Waals surface area contributed by atoms with Crippen LogP contribution < -0.4 is 0 Å². The van der Waals surface area contributed by atoms with E-state index in [1.807, 2.05) is 0 Å². The van der Waals surface area contributed by atoms with Crippen molar-refractivity contribution in [3.8, 4) is 0 Å². The SMILES string of the molecule is CCOC(=O)CC(=O)[C@@H]1CCN(C(=O)OC)[C@H](Cc2ccccc2F)C1. The number of rotatable bonds is 6. The van der Waals surface area contributed by atoms with E-state index in [1.54, 1.807) is 25.1 Å². The van der Waals surface area contributed by atoms with Crippen molar-refractivity contribution in [3.63, 3.8) is 0 Å². The van der Waals surface area contributed by atoms with Crippen molar-refractivity contribution in [1.29, 1.82) is 0 Å². The van der Waals surface area contributed by atoms with Gasteiger partial charge in [-0.05, 0) is 37.8 Å². The fraction of sp³-hybridized carbons (Fsp3) is 0.526. The third-order valence-electron chi connectivity index (χ3n) is 4.62. The Bertz CT molecular complexity index is 663. The maximum atomic E-state index is 14.0. The van der Waals surface area contributed by atoms with Gasteiger partial charge in [0.05, 0.1) is 13.7 Å². The minimum atomic E-state index is -0.543. The Morgan fingerprint density at radius 1 is 1.27 bits per heavy atom. The van der Waals surface area contributed by atoms with E-state index in [-0.39, 0.29) is 43.0 Å². The molecule has 1 aromatic rings. The molecule has 1 heterocycles. The number of hydrogen-bond acceptors (Lipinski definition) is 5. The summed E-state index contributed by atoms with van der Waals surface area (Å²) in [5.41, 5.74) is 0.477. The molecule has 0 radical (unpaired) electrons. The molecule has 7 heteroatoms. The van der Waals surface area contributed by atoms with Gasteiger partial charge in [0.15, 0.2) is 0 Å². The standard InChI is InChI=1S/C19H24FNO5/c1-3-26-18(23)12-17(22)14-8-9-21(19(24)25-2)15(11-14)10-13-6-4-5-7-16(13)20/h4-7,14-15H,3,8-12H2,1-2H3/t14-,15-/m1/s1. The molecule has 1 saturated heterocycles. The molecule has 1 aromatic carbocycles. The summed E-state index contributed by atoms with van der Waals surface area (Å²) in [6, 6.07) is 5.99. The number of ketones is 1. The normalized spacial score (nSPS) is 19.7. The monoisotopic (exact) mass is 365 g/mol. The van der Waals surface area contributed by atoms with Crippen molar-refractivity contribution in [2.24, 2.45) is 5.92 Å². The molecule has 6 nitrogen and oxygen atoms in total. The van der Waals surface area contributed by atoms with Crippen molar-refractivity contribution >= 4 is 17.8 Å². The van der Waals surface area contributed by atoms with Crippen molar-refractivity contribution in [2.45, 2.75) is 38.6 Å². The number of carbonyl (C=O) groups is 3.